The molecule has 0 spiro atoms. The number of carbonyl (C=O) groups excluding carboxylic acids is 1. The zero-order chi connectivity index (χ0) is 21.5. The van der Waals surface area contributed by atoms with Crippen LogP contribution in [0.5, 0.6) is 0 Å². The van der Waals surface area contributed by atoms with E-state index in [9.17, 15) is 9.59 Å². The largest absolute Gasteiger partial charge is 0.306 e. The number of fused-ring (bicyclic) bond motifs is 1. The summed E-state index contributed by atoms with van der Waals surface area (Å²) >= 11 is 0. The molecule has 4 rings (SSSR count). The predicted octanol–water partition coefficient (Wildman–Crippen LogP) is 3.94. The zero-order valence-electron chi connectivity index (χ0n) is 17.4. The van der Waals surface area contributed by atoms with E-state index in [0.29, 0.717) is 11.4 Å². The highest BCUT2D eigenvalue weighted by Gasteiger charge is 2.16. The van der Waals surface area contributed by atoms with Crippen LogP contribution in [0, 0.1) is 6.92 Å². The molecular weight excluding hydrogens is 378 g/mol. The Labute approximate surface area is 173 Å². The van der Waals surface area contributed by atoms with Crippen LogP contribution in [0.3, 0.4) is 0 Å². The highest BCUT2D eigenvalue weighted by Crippen LogP contribution is 2.23. The maximum atomic E-state index is 12.8. The van der Waals surface area contributed by atoms with E-state index >= 15 is 0 Å². The molecule has 0 saturated heterocycles. The van der Waals surface area contributed by atoms with Gasteiger partial charge in [-0.2, -0.15) is 9.50 Å². The van der Waals surface area contributed by atoms with Crippen LogP contribution in [0.1, 0.15) is 42.3 Å². The summed E-state index contributed by atoms with van der Waals surface area (Å²) in [6, 6.07) is 16.5. The lowest BCUT2D eigenvalue weighted by Gasteiger charge is -2.19. The summed E-state index contributed by atoms with van der Waals surface area (Å²) in [5, 5.41) is 7.24. The van der Waals surface area contributed by atoms with E-state index in [1.54, 1.807) is 12.1 Å². The molecule has 4 aromatic rings. The summed E-state index contributed by atoms with van der Waals surface area (Å²) in [6.45, 7) is 8.35. The molecule has 0 atom stereocenters. The molecule has 0 radical (unpaired) electrons. The Bertz CT molecular complexity index is 1280. The van der Waals surface area contributed by atoms with Gasteiger partial charge >= 0.3 is 0 Å². The quantitative estimate of drug-likeness (QED) is 0.544. The van der Waals surface area contributed by atoms with Gasteiger partial charge in [0.2, 0.25) is 5.78 Å². The van der Waals surface area contributed by atoms with E-state index in [1.165, 1.54) is 10.6 Å². The second-order valence-electron chi connectivity index (χ2n) is 8.34. The molecule has 0 fully saturated rings. The van der Waals surface area contributed by atoms with Gasteiger partial charge in [-0.3, -0.25) is 14.6 Å². The number of aryl methyl sites for hydroxylation is 1. The Hall–Kier alpha value is -3.74. The van der Waals surface area contributed by atoms with Crippen molar-refractivity contribution in [2.45, 2.75) is 33.1 Å². The molecule has 2 heterocycles. The number of carbonyl (C=O) groups is 1. The number of benzene rings is 2. The Balaban J connectivity index is 1.67. The number of hydrogen-bond donors (Lipinski definition) is 2. The fourth-order valence-corrected chi connectivity index (χ4v) is 3.12. The van der Waals surface area contributed by atoms with Crippen LogP contribution in [0.15, 0.2) is 59.4 Å². The van der Waals surface area contributed by atoms with Crippen molar-refractivity contribution in [1.82, 2.24) is 19.6 Å². The van der Waals surface area contributed by atoms with Crippen molar-refractivity contribution in [2.24, 2.45) is 0 Å². The van der Waals surface area contributed by atoms with Gasteiger partial charge in [0.05, 0.1) is 0 Å². The van der Waals surface area contributed by atoms with E-state index in [1.807, 2.05) is 43.3 Å². The summed E-state index contributed by atoms with van der Waals surface area (Å²) in [7, 11) is 0. The van der Waals surface area contributed by atoms with E-state index < -0.39 is 0 Å². The minimum absolute atomic E-state index is 0.000995. The number of H-pyrrole nitrogens is 1. The van der Waals surface area contributed by atoms with Gasteiger partial charge in [0.15, 0.2) is 5.82 Å². The maximum Gasteiger partial charge on any atom is 0.256 e. The molecule has 30 heavy (non-hydrogen) atoms. The maximum absolute atomic E-state index is 12.8. The van der Waals surface area contributed by atoms with Crippen molar-refractivity contribution in [3.8, 4) is 11.4 Å². The smallest absolute Gasteiger partial charge is 0.256 e. The standard InChI is InChI=1S/C23H23N5O2/c1-14-5-7-15(8-6-14)20-26-22-25-19(29)13-18(28(22)27-20)24-21(30)16-9-11-17(12-10-16)23(2,3)4/h5-13H,1-4H3,(H,24,30)(H,25,26,27,29). The number of amides is 1. The van der Waals surface area contributed by atoms with E-state index in [-0.39, 0.29) is 28.5 Å². The van der Waals surface area contributed by atoms with Crippen molar-refractivity contribution in [2.75, 3.05) is 5.32 Å². The number of nitrogens with zero attached hydrogens (tertiary/aromatic N) is 3. The predicted molar refractivity (Wildman–Crippen MR) is 117 cm³/mol. The molecule has 7 nitrogen and oxygen atoms in total. The third kappa shape index (κ3) is 3.87. The number of nitrogens with one attached hydrogen (secondary N) is 2. The number of rotatable bonds is 3. The molecule has 1 amide bonds. The minimum atomic E-state index is -0.372. The van der Waals surface area contributed by atoms with Crippen LogP contribution >= 0.6 is 0 Å². The first-order chi connectivity index (χ1) is 14.2. The lowest BCUT2D eigenvalue weighted by Crippen LogP contribution is -2.19. The average Bonchev–Trinajstić information content (AvgIpc) is 3.12. The molecule has 2 aromatic heterocycles. The Morgan fingerprint density at radius 3 is 2.33 bits per heavy atom. The normalized spacial score (nSPS) is 11.6. The van der Waals surface area contributed by atoms with Crippen molar-refractivity contribution in [3.05, 3.63) is 81.6 Å². The summed E-state index contributed by atoms with van der Waals surface area (Å²) in [6.07, 6.45) is 0. The van der Waals surface area contributed by atoms with Gasteiger partial charge in [-0.25, -0.2) is 0 Å². The number of anilines is 1. The van der Waals surface area contributed by atoms with Crippen LogP contribution < -0.4 is 10.9 Å². The second-order valence-corrected chi connectivity index (χ2v) is 8.34. The van der Waals surface area contributed by atoms with Crippen molar-refractivity contribution >= 4 is 17.5 Å². The molecule has 0 aliphatic rings. The van der Waals surface area contributed by atoms with Gasteiger partial charge in [0, 0.05) is 17.2 Å². The average molecular weight is 401 g/mol. The molecule has 0 saturated carbocycles. The summed E-state index contributed by atoms with van der Waals surface area (Å²) in [5.74, 6) is 0.651. The summed E-state index contributed by atoms with van der Waals surface area (Å²) in [4.78, 5) is 31.9. The van der Waals surface area contributed by atoms with E-state index in [4.69, 9.17) is 0 Å². The van der Waals surface area contributed by atoms with Crippen LogP contribution in [0.4, 0.5) is 5.82 Å². The number of aromatic nitrogens is 4. The van der Waals surface area contributed by atoms with Gasteiger partial charge in [-0.1, -0.05) is 62.7 Å². The third-order valence-electron chi connectivity index (χ3n) is 4.90. The first-order valence-corrected chi connectivity index (χ1v) is 9.70. The molecule has 7 heteroatoms. The Morgan fingerprint density at radius 2 is 1.70 bits per heavy atom. The van der Waals surface area contributed by atoms with Crippen molar-refractivity contribution < 1.29 is 4.79 Å². The molecule has 0 aliphatic carbocycles. The monoisotopic (exact) mass is 401 g/mol. The fraction of sp³-hybridized carbons (Fsp3) is 0.217. The first kappa shape index (κ1) is 19.6. The lowest BCUT2D eigenvalue weighted by atomic mass is 9.87. The van der Waals surface area contributed by atoms with Crippen LogP contribution in [-0.2, 0) is 5.41 Å². The molecule has 0 bridgehead atoms. The lowest BCUT2D eigenvalue weighted by molar-refractivity contribution is 0.102. The van der Waals surface area contributed by atoms with E-state index in [0.717, 1.165) is 16.7 Å². The van der Waals surface area contributed by atoms with Gasteiger partial charge in [0.25, 0.3) is 11.5 Å². The highest BCUT2D eigenvalue weighted by molar-refractivity contribution is 6.03. The van der Waals surface area contributed by atoms with Gasteiger partial charge in [-0.05, 0) is 30.0 Å². The molecule has 0 unspecified atom stereocenters. The van der Waals surface area contributed by atoms with Crippen molar-refractivity contribution in [1.29, 1.82) is 0 Å². The first-order valence-electron chi connectivity index (χ1n) is 9.70. The fourth-order valence-electron chi connectivity index (χ4n) is 3.12. The Morgan fingerprint density at radius 1 is 1.03 bits per heavy atom. The summed E-state index contributed by atoms with van der Waals surface area (Å²) in [5.41, 5.74) is 3.21. The molecule has 152 valence electrons. The van der Waals surface area contributed by atoms with Gasteiger partial charge in [-0.15, -0.1) is 5.10 Å². The Kier molecular flexibility index (Phi) is 4.73. The number of aromatic amines is 1. The minimum Gasteiger partial charge on any atom is -0.306 e. The SMILES string of the molecule is Cc1ccc(-c2nc3[nH]c(=O)cc(NC(=O)c4ccc(C(C)(C)C)cc4)n3n2)cc1. The molecular formula is C23H23N5O2. The topological polar surface area (TPSA) is 92.1 Å². The second kappa shape index (κ2) is 7.26. The third-order valence-corrected chi connectivity index (χ3v) is 4.90. The van der Waals surface area contributed by atoms with Crippen LogP contribution in [0.25, 0.3) is 17.2 Å². The van der Waals surface area contributed by atoms with Crippen molar-refractivity contribution in [3.63, 3.8) is 0 Å². The molecule has 2 aromatic carbocycles. The highest BCUT2D eigenvalue weighted by atomic mass is 16.2. The summed E-state index contributed by atoms with van der Waals surface area (Å²) < 4.78 is 1.43. The number of hydrogen-bond acceptors (Lipinski definition) is 4. The van der Waals surface area contributed by atoms with Gasteiger partial charge < -0.3 is 5.32 Å². The zero-order valence-corrected chi connectivity index (χ0v) is 17.4. The molecule has 2 N–H and O–H groups in total. The van der Waals surface area contributed by atoms with Gasteiger partial charge in [0.1, 0.15) is 5.82 Å². The van der Waals surface area contributed by atoms with E-state index in [2.05, 4.69) is 41.2 Å². The van der Waals surface area contributed by atoms with Crippen LogP contribution in [0.2, 0.25) is 0 Å². The molecule has 0 aliphatic heterocycles. The van der Waals surface area contributed by atoms with Crippen LogP contribution in [-0.4, -0.2) is 25.5 Å².